The summed E-state index contributed by atoms with van der Waals surface area (Å²) < 4.78 is 0. The number of nitrogen functional groups attached to an aromatic ring is 1. The van der Waals surface area contributed by atoms with Gasteiger partial charge in [0.05, 0.1) is 0 Å². The Balaban J connectivity index is 2.39. The molecule has 0 saturated carbocycles. The van der Waals surface area contributed by atoms with E-state index in [4.69, 9.17) is 5.84 Å². The minimum absolute atomic E-state index is 0.355. The number of carbonyl (C=O) groups is 1. The Morgan fingerprint density at radius 2 is 2.43 bits per heavy atom. The van der Waals surface area contributed by atoms with Crippen LogP contribution in [0, 0.1) is 0 Å². The maximum atomic E-state index is 11.2. The smallest absolute Gasteiger partial charge is 0.413 e. The summed E-state index contributed by atoms with van der Waals surface area (Å²) in [6.07, 6.45) is 0. The summed E-state index contributed by atoms with van der Waals surface area (Å²) in [5, 5.41) is 12.3. The highest BCUT2D eigenvalue weighted by Crippen LogP contribution is 2.06. The topological polar surface area (TPSA) is 87.4 Å². The van der Waals surface area contributed by atoms with E-state index < -0.39 is 7.05 Å². The lowest BCUT2D eigenvalue weighted by Gasteiger charge is -2.03. The van der Waals surface area contributed by atoms with Gasteiger partial charge in [-0.3, -0.25) is 10.2 Å². The van der Waals surface area contributed by atoms with Crippen molar-refractivity contribution < 1.29 is 9.82 Å². The number of benzene rings is 1. The number of amides is 1. The third-order valence-electron chi connectivity index (χ3n) is 2.32. The second-order valence-electron chi connectivity index (χ2n) is 3.17. The minimum atomic E-state index is -0.685. The van der Waals surface area contributed by atoms with Crippen LogP contribution >= 0.6 is 0 Å². The van der Waals surface area contributed by atoms with Gasteiger partial charge in [0.1, 0.15) is 0 Å². The molecule has 72 valence electrons. The summed E-state index contributed by atoms with van der Waals surface area (Å²) >= 11 is 0. The summed E-state index contributed by atoms with van der Waals surface area (Å²) in [7, 11) is -0.685. The number of fused-ring (bicyclic) bond motifs is 1. The quantitative estimate of drug-likeness (QED) is 0.180. The number of nitrogens with one attached hydrogen (secondary N) is 2. The fraction of sp³-hybridized carbons (Fsp3) is 0.125. The number of hydrazine groups is 1. The van der Waals surface area contributed by atoms with E-state index in [2.05, 4.69) is 5.23 Å². The van der Waals surface area contributed by atoms with Crippen molar-refractivity contribution >= 4 is 18.4 Å². The van der Waals surface area contributed by atoms with Gasteiger partial charge in [0.2, 0.25) is 0 Å². The average molecular weight is 191 g/mol. The summed E-state index contributed by atoms with van der Waals surface area (Å²) in [5.74, 6) is 4.65. The van der Waals surface area contributed by atoms with Crippen LogP contribution < -0.4 is 22.0 Å². The Kier molecular flexibility index (Phi) is 2.24. The number of hydrogen-bond acceptors (Lipinski definition) is 4. The maximum absolute atomic E-state index is 11.2. The molecule has 1 aliphatic rings. The van der Waals surface area contributed by atoms with E-state index in [1.54, 1.807) is 12.1 Å². The van der Waals surface area contributed by atoms with Crippen LogP contribution in [0.1, 0.15) is 15.9 Å². The lowest BCUT2D eigenvalue weighted by Crippen LogP contribution is -2.38. The zero-order valence-corrected chi connectivity index (χ0v) is 7.45. The molecule has 0 radical (unpaired) electrons. The van der Waals surface area contributed by atoms with E-state index in [-0.39, 0.29) is 5.91 Å². The molecular weight excluding hydrogens is 181 g/mol. The molecule has 0 fully saturated rings. The van der Waals surface area contributed by atoms with Gasteiger partial charge in [-0.2, -0.15) is 0 Å². The van der Waals surface area contributed by atoms with Crippen molar-refractivity contribution in [3.63, 3.8) is 0 Å². The fourth-order valence-corrected chi connectivity index (χ4v) is 1.55. The van der Waals surface area contributed by atoms with Crippen molar-refractivity contribution in [2.45, 2.75) is 6.54 Å². The van der Waals surface area contributed by atoms with Gasteiger partial charge in [-0.15, -0.1) is 0 Å². The first-order valence-corrected chi connectivity index (χ1v) is 4.27. The van der Waals surface area contributed by atoms with Crippen LogP contribution in [0.25, 0.3) is 0 Å². The lowest BCUT2D eigenvalue weighted by molar-refractivity contribution is 0.0953. The molecule has 1 aromatic carbocycles. The van der Waals surface area contributed by atoms with Crippen molar-refractivity contribution in [2.75, 3.05) is 0 Å². The first kappa shape index (κ1) is 9.20. The van der Waals surface area contributed by atoms with Gasteiger partial charge >= 0.3 is 7.05 Å². The highest BCUT2D eigenvalue weighted by molar-refractivity contribution is 6.65. The second kappa shape index (κ2) is 3.41. The molecule has 0 aromatic heterocycles. The molecule has 5 N–H and O–H groups in total. The molecule has 2 rings (SSSR count). The lowest BCUT2D eigenvalue weighted by atomic mass is 9.75. The van der Waals surface area contributed by atoms with E-state index in [1.807, 2.05) is 11.5 Å². The minimum Gasteiger partial charge on any atom is -0.433 e. The first-order chi connectivity index (χ1) is 6.72. The van der Waals surface area contributed by atoms with E-state index >= 15 is 0 Å². The van der Waals surface area contributed by atoms with Crippen LogP contribution in [0.5, 0.6) is 0 Å². The highest BCUT2D eigenvalue weighted by atomic mass is 16.2. The highest BCUT2D eigenvalue weighted by Gasteiger charge is 2.25. The normalized spacial score (nSPS) is 14.0. The zero-order valence-electron chi connectivity index (χ0n) is 7.45. The van der Waals surface area contributed by atoms with Gasteiger partial charge in [-0.1, -0.05) is 12.1 Å². The molecule has 0 aliphatic carbocycles. The second-order valence-corrected chi connectivity index (χ2v) is 3.17. The van der Waals surface area contributed by atoms with Crippen LogP contribution in [0.3, 0.4) is 0 Å². The van der Waals surface area contributed by atoms with E-state index in [1.165, 1.54) is 0 Å². The Morgan fingerprint density at radius 3 is 3.14 bits per heavy atom. The number of carbonyl (C=O) groups excluding carboxylic acids is 1. The Bertz CT molecular complexity index is 383. The molecule has 0 unspecified atom stereocenters. The molecule has 6 heteroatoms. The van der Waals surface area contributed by atoms with Crippen molar-refractivity contribution in [1.29, 1.82) is 0 Å². The monoisotopic (exact) mass is 191 g/mol. The van der Waals surface area contributed by atoms with Gasteiger partial charge in [-0.25, -0.2) is 5.84 Å². The zero-order chi connectivity index (χ0) is 10.1. The molecule has 0 spiro atoms. The summed E-state index contributed by atoms with van der Waals surface area (Å²) in [5.41, 5.74) is 4.25. The largest absolute Gasteiger partial charge is 0.433 e. The standard InChI is InChI=1S/C8H10BN3O2/c10-12-8(13)5-1-2-6-4-11-9(14)7(6)3-5/h1-3,11,14H,4,10H2,(H,12,13). The summed E-state index contributed by atoms with van der Waals surface area (Å²) in [6.45, 7) is 0.626. The Morgan fingerprint density at radius 1 is 1.64 bits per heavy atom. The van der Waals surface area contributed by atoms with Gasteiger partial charge in [0, 0.05) is 12.1 Å². The van der Waals surface area contributed by atoms with Crippen LogP contribution in [0.15, 0.2) is 18.2 Å². The van der Waals surface area contributed by atoms with Crippen LogP contribution in [0.4, 0.5) is 0 Å². The van der Waals surface area contributed by atoms with Gasteiger partial charge < -0.3 is 10.3 Å². The number of rotatable bonds is 1. The van der Waals surface area contributed by atoms with Gasteiger partial charge in [-0.05, 0) is 17.1 Å². The molecule has 14 heavy (non-hydrogen) atoms. The van der Waals surface area contributed by atoms with Crippen LogP contribution in [0.2, 0.25) is 0 Å². The van der Waals surface area contributed by atoms with Crippen molar-refractivity contribution in [3.8, 4) is 0 Å². The maximum Gasteiger partial charge on any atom is 0.413 e. The predicted molar refractivity (Wildman–Crippen MR) is 52.5 cm³/mol. The Labute approximate surface area is 81.4 Å². The predicted octanol–water partition coefficient (Wildman–Crippen LogP) is -1.92. The van der Waals surface area contributed by atoms with Gasteiger partial charge in [0.25, 0.3) is 5.91 Å². The van der Waals surface area contributed by atoms with E-state index in [0.29, 0.717) is 12.1 Å². The molecule has 1 aliphatic heterocycles. The third kappa shape index (κ3) is 1.39. The average Bonchev–Trinajstić information content (AvgIpc) is 2.59. The van der Waals surface area contributed by atoms with Crippen molar-refractivity contribution in [3.05, 3.63) is 29.3 Å². The van der Waals surface area contributed by atoms with E-state index in [0.717, 1.165) is 11.0 Å². The molecule has 1 heterocycles. The molecule has 0 bridgehead atoms. The number of nitrogens with two attached hydrogens (primary N) is 1. The molecule has 0 atom stereocenters. The number of hydrogen-bond donors (Lipinski definition) is 4. The van der Waals surface area contributed by atoms with Crippen molar-refractivity contribution in [1.82, 2.24) is 10.7 Å². The molecule has 0 saturated heterocycles. The summed E-state index contributed by atoms with van der Waals surface area (Å²) in [4.78, 5) is 11.2. The molecular formula is C8H10BN3O2. The molecule has 1 amide bonds. The van der Waals surface area contributed by atoms with Crippen LogP contribution in [-0.2, 0) is 6.54 Å². The van der Waals surface area contributed by atoms with Gasteiger partial charge in [0.15, 0.2) is 0 Å². The third-order valence-corrected chi connectivity index (χ3v) is 2.32. The van der Waals surface area contributed by atoms with Crippen LogP contribution in [-0.4, -0.2) is 18.0 Å². The fourth-order valence-electron chi connectivity index (χ4n) is 1.55. The SMILES string of the molecule is NNC(=O)c1ccc2c(c1)B(O)NC2. The first-order valence-electron chi connectivity index (χ1n) is 4.27. The Hall–Kier alpha value is -1.37. The summed E-state index contributed by atoms with van der Waals surface area (Å²) in [6, 6.07) is 5.13. The molecule has 1 aromatic rings. The molecule has 5 nitrogen and oxygen atoms in total. The van der Waals surface area contributed by atoms with Crippen molar-refractivity contribution in [2.24, 2.45) is 5.84 Å². The van der Waals surface area contributed by atoms with E-state index in [9.17, 15) is 9.82 Å².